The van der Waals surface area contributed by atoms with Crippen LogP contribution < -0.4 is 10.1 Å². The highest BCUT2D eigenvalue weighted by Gasteiger charge is 2.01. The second-order valence-corrected chi connectivity index (χ2v) is 3.97. The lowest BCUT2D eigenvalue weighted by Crippen LogP contribution is -2.21. The molecule has 0 saturated heterocycles. The first-order valence-electron chi connectivity index (χ1n) is 5.62. The summed E-state index contributed by atoms with van der Waals surface area (Å²) in [5.41, 5.74) is 1.33. The molecule has 0 aliphatic carbocycles. The van der Waals surface area contributed by atoms with Gasteiger partial charge in [0.25, 0.3) is 0 Å². The molecule has 2 nitrogen and oxygen atoms in total. The zero-order valence-corrected chi connectivity index (χ0v) is 9.92. The number of aryl methyl sites for hydroxylation is 1. The molecule has 0 radical (unpaired) electrons. The van der Waals surface area contributed by atoms with E-state index in [0.29, 0.717) is 5.92 Å². The molecular weight excluding hydrogens is 186 g/mol. The predicted octanol–water partition coefficient (Wildman–Crippen LogP) is 2.48. The number of nitrogens with one attached hydrogen (secondary N) is 1. The summed E-state index contributed by atoms with van der Waals surface area (Å²) in [5, 5.41) is 3.15. The fourth-order valence-electron chi connectivity index (χ4n) is 1.50. The molecule has 0 saturated carbocycles. The number of hydrogen-bond donors (Lipinski definition) is 1. The molecule has 1 aromatic carbocycles. The Bertz CT molecular complexity index is 286. The van der Waals surface area contributed by atoms with Crippen LogP contribution in [0, 0.1) is 5.92 Å². The van der Waals surface area contributed by atoms with E-state index in [1.165, 1.54) is 5.56 Å². The Morgan fingerprint density at radius 2 is 2.20 bits per heavy atom. The van der Waals surface area contributed by atoms with E-state index in [1.807, 2.05) is 13.1 Å². The lowest BCUT2D eigenvalue weighted by molar-refractivity contribution is 0.258. The minimum Gasteiger partial charge on any atom is -0.493 e. The SMILES string of the molecule is CCc1cccc(OCC(C)CNC)c1. The van der Waals surface area contributed by atoms with E-state index in [9.17, 15) is 0 Å². The zero-order valence-electron chi connectivity index (χ0n) is 9.92. The minimum atomic E-state index is 0.542. The van der Waals surface area contributed by atoms with Gasteiger partial charge in [0.15, 0.2) is 0 Å². The summed E-state index contributed by atoms with van der Waals surface area (Å²) >= 11 is 0. The molecule has 0 amide bonds. The molecule has 1 rings (SSSR count). The van der Waals surface area contributed by atoms with E-state index < -0.39 is 0 Å². The van der Waals surface area contributed by atoms with Crippen molar-refractivity contribution >= 4 is 0 Å². The average molecular weight is 207 g/mol. The van der Waals surface area contributed by atoms with E-state index in [-0.39, 0.29) is 0 Å². The molecule has 1 unspecified atom stereocenters. The van der Waals surface area contributed by atoms with E-state index in [0.717, 1.165) is 25.3 Å². The highest BCUT2D eigenvalue weighted by molar-refractivity contribution is 5.28. The van der Waals surface area contributed by atoms with Crippen LogP contribution in [0.3, 0.4) is 0 Å². The Kier molecular flexibility index (Phi) is 5.19. The summed E-state index contributed by atoms with van der Waals surface area (Å²) in [6.07, 6.45) is 1.06. The third-order valence-electron chi connectivity index (χ3n) is 2.39. The van der Waals surface area contributed by atoms with Crippen LogP contribution in [0.2, 0.25) is 0 Å². The Balaban J connectivity index is 2.43. The topological polar surface area (TPSA) is 21.3 Å². The van der Waals surface area contributed by atoms with Crippen molar-refractivity contribution < 1.29 is 4.74 Å². The molecule has 0 heterocycles. The van der Waals surface area contributed by atoms with Crippen molar-refractivity contribution in [3.8, 4) is 5.75 Å². The van der Waals surface area contributed by atoms with Gasteiger partial charge in [0.1, 0.15) is 5.75 Å². The summed E-state index contributed by atoms with van der Waals surface area (Å²) in [4.78, 5) is 0. The van der Waals surface area contributed by atoms with Crippen molar-refractivity contribution in [2.24, 2.45) is 5.92 Å². The standard InChI is InChI=1S/C13H21NO/c1-4-12-6-5-7-13(8-12)15-10-11(2)9-14-3/h5-8,11,14H,4,9-10H2,1-3H3. The lowest BCUT2D eigenvalue weighted by atomic mass is 10.1. The van der Waals surface area contributed by atoms with Crippen molar-refractivity contribution in [1.82, 2.24) is 5.32 Å². The highest BCUT2D eigenvalue weighted by atomic mass is 16.5. The predicted molar refractivity (Wildman–Crippen MR) is 64.4 cm³/mol. The minimum absolute atomic E-state index is 0.542. The summed E-state index contributed by atoms with van der Waals surface area (Å²) in [5.74, 6) is 1.53. The molecular formula is C13H21NO. The maximum Gasteiger partial charge on any atom is 0.119 e. The monoisotopic (exact) mass is 207 g/mol. The van der Waals surface area contributed by atoms with Crippen molar-refractivity contribution in [3.05, 3.63) is 29.8 Å². The van der Waals surface area contributed by atoms with Gasteiger partial charge in [-0.1, -0.05) is 26.0 Å². The molecule has 84 valence electrons. The Hall–Kier alpha value is -1.02. The second kappa shape index (κ2) is 6.46. The quantitative estimate of drug-likeness (QED) is 0.773. The van der Waals surface area contributed by atoms with Gasteiger partial charge < -0.3 is 10.1 Å². The molecule has 0 aromatic heterocycles. The highest BCUT2D eigenvalue weighted by Crippen LogP contribution is 2.14. The van der Waals surface area contributed by atoms with E-state index in [2.05, 4.69) is 37.4 Å². The molecule has 0 aliphatic heterocycles. The number of hydrogen-bond acceptors (Lipinski definition) is 2. The van der Waals surface area contributed by atoms with Crippen molar-refractivity contribution in [2.45, 2.75) is 20.3 Å². The third-order valence-corrected chi connectivity index (χ3v) is 2.39. The Labute approximate surface area is 92.6 Å². The summed E-state index contributed by atoms with van der Waals surface area (Å²) in [6.45, 7) is 6.10. The van der Waals surface area contributed by atoms with Gasteiger partial charge in [-0.3, -0.25) is 0 Å². The van der Waals surface area contributed by atoms with Crippen LogP contribution in [0.4, 0.5) is 0 Å². The van der Waals surface area contributed by atoms with Crippen LogP contribution in [0.15, 0.2) is 24.3 Å². The first-order valence-corrected chi connectivity index (χ1v) is 5.62. The van der Waals surface area contributed by atoms with E-state index >= 15 is 0 Å². The van der Waals surface area contributed by atoms with Gasteiger partial charge in [0, 0.05) is 12.5 Å². The Morgan fingerprint density at radius 1 is 1.40 bits per heavy atom. The van der Waals surface area contributed by atoms with E-state index in [4.69, 9.17) is 4.74 Å². The average Bonchev–Trinajstić information content (AvgIpc) is 2.27. The van der Waals surface area contributed by atoms with Crippen LogP contribution in [0.25, 0.3) is 0 Å². The fourth-order valence-corrected chi connectivity index (χ4v) is 1.50. The van der Waals surface area contributed by atoms with Crippen LogP contribution >= 0.6 is 0 Å². The molecule has 1 atom stereocenters. The van der Waals surface area contributed by atoms with Crippen LogP contribution in [0.1, 0.15) is 19.4 Å². The van der Waals surface area contributed by atoms with Crippen LogP contribution in [-0.4, -0.2) is 20.2 Å². The molecule has 0 spiro atoms. The van der Waals surface area contributed by atoms with Gasteiger partial charge in [-0.2, -0.15) is 0 Å². The van der Waals surface area contributed by atoms with Crippen LogP contribution in [-0.2, 0) is 6.42 Å². The first-order chi connectivity index (χ1) is 7.26. The fraction of sp³-hybridized carbons (Fsp3) is 0.538. The second-order valence-electron chi connectivity index (χ2n) is 3.97. The smallest absolute Gasteiger partial charge is 0.119 e. The van der Waals surface area contributed by atoms with Crippen molar-refractivity contribution in [3.63, 3.8) is 0 Å². The number of rotatable bonds is 6. The van der Waals surface area contributed by atoms with Crippen LogP contribution in [0.5, 0.6) is 5.75 Å². The summed E-state index contributed by atoms with van der Waals surface area (Å²) < 4.78 is 5.72. The molecule has 0 fully saturated rings. The zero-order chi connectivity index (χ0) is 11.1. The summed E-state index contributed by atoms with van der Waals surface area (Å²) in [7, 11) is 1.97. The molecule has 0 aliphatic rings. The molecule has 15 heavy (non-hydrogen) atoms. The molecule has 1 aromatic rings. The van der Waals surface area contributed by atoms with Gasteiger partial charge in [-0.05, 0) is 31.2 Å². The van der Waals surface area contributed by atoms with Gasteiger partial charge >= 0.3 is 0 Å². The maximum absolute atomic E-state index is 5.72. The Morgan fingerprint density at radius 3 is 2.87 bits per heavy atom. The van der Waals surface area contributed by atoms with Gasteiger partial charge in [0.05, 0.1) is 6.61 Å². The molecule has 2 heteroatoms. The maximum atomic E-state index is 5.72. The molecule has 1 N–H and O–H groups in total. The third kappa shape index (κ3) is 4.34. The van der Waals surface area contributed by atoms with Gasteiger partial charge in [-0.15, -0.1) is 0 Å². The van der Waals surface area contributed by atoms with Gasteiger partial charge in [-0.25, -0.2) is 0 Å². The van der Waals surface area contributed by atoms with Crippen molar-refractivity contribution in [1.29, 1.82) is 0 Å². The number of benzene rings is 1. The van der Waals surface area contributed by atoms with E-state index in [1.54, 1.807) is 0 Å². The molecule has 0 bridgehead atoms. The number of ether oxygens (including phenoxy) is 1. The van der Waals surface area contributed by atoms with Gasteiger partial charge in [0.2, 0.25) is 0 Å². The summed E-state index contributed by atoms with van der Waals surface area (Å²) in [6, 6.07) is 8.32. The van der Waals surface area contributed by atoms with Crippen molar-refractivity contribution in [2.75, 3.05) is 20.2 Å². The first kappa shape index (κ1) is 12.1. The lowest BCUT2D eigenvalue weighted by Gasteiger charge is -2.12. The largest absolute Gasteiger partial charge is 0.493 e. The normalized spacial score (nSPS) is 12.5.